The lowest BCUT2D eigenvalue weighted by Crippen LogP contribution is -2.29. The summed E-state index contributed by atoms with van der Waals surface area (Å²) in [6.45, 7) is 1.90. The first kappa shape index (κ1) is 16.9. The van der Waals surface area contributed by atoms with Gasteiger partial charge >= 0.3 is 0 Å². The lowest BCUT2D eigenvalue weighted by atomic mass is 10.1. The van der Waals surface area contributed by atoms with Crippen molar-refractivity contribution in [3.8, 4) is 11.3 Å². The van der Waals surface area contributed by atoms with Gasteiger partial charge in [-0.25, -0.2) is 9.37 Å². The lowest BCUT2D eigenvalue weighted by molar-refractivity contribution is 0.0912. The quantitative estimate of drug-likeness (QED) is 0.747. The van der Waals surface area contributed by atoms with Gasteiger partial charge in [-0.3, -0.25) is 4.79 Å². The average Bonchev–Trinajstić information content (AvgIpc) is 3.10. The molecule has 5 nitrogen and oxygen atoms in total. The van der Waals surface area contributed by atoms with E-state index in [0.29, 0.717) is 11.3 Å². The number of aryl methyl sites for hydroxylation is 1. The van der Waals surface area contributed by atoms with Gasteiger partial charge < -0.3 is 14.8 Å². The molecule has 25 heavy (non-hydrogen) atoms. The van der Waals surface area contributed by atoms with Crippen LogP contribution in [0.15, 0.2) is 59.3 Å². The van der Waals surface area contributed by atoms with E-state index in [1.807, 2.05) is 31.2 Å². The molecule has 1 heterocycles. The van der Waals surface area contributed by atoms with Gasteiger partial charge in [0.1, 0.15) is 5.82 Å². The number of nitrogens with one attached hydrogen (secondary N) is 1. The molecule has 0 saturated carbocycles. The van der Waals surface area contributed by atoms with Crippen LogP contribution >= 0.6 is 0 Å². The second kappa shape index (κ2) is 7.27. The first-order valence-electron chi connectivity index (χ1n) is 7.77. The Morgan fingerprint density at radius 2 is 2.04 bits per heavy atom. The lowest BCUT2D eigenvalue weighted by Gasteiger charge is -2.12. The number of amides is 1. The highest BCUT2D eigenvalue weighted by Crippen LogP contribution is 2.23. The van der Waals surface area contributed by atoms with Crippen molar-refractivity contribution in [2.45, 2.75) is 13.0 Å². The van der Waals surface area contributed by atoms with E-state index in [1.54, 1.807) is 6.07 Å². The molecule has 128 valence electrons. The van der Waals surface area contributed by atoms with Crippen molar-refractivity contribution in [1.29, 1.82) is 0 Å². The third kappa shape index (κ3) is 3.92. The van der Waals surface area contributed by atoms with E-state index in [0.717, 1.165) is 11.1 Å². The standard InChI is InChI=1S/C19H17FN2O3/c1-12-5-7-13(8-6-12)18-17(22-11-25-18)19(24)21-10-16(23)14-3-2-4-15(20)9-14/h2-9,11,16,23H,10H2,1H3,(H,21,24)/t16-/m1/s1. The Labute approximate surface area is 144 Å². The average molecular weight is 340 g/mol. The van der Waals surface area contributed by atoms with Gasteiger partial charge in [0, 0.05) is 12.1 Å². The van der Waals surface area contributed by atoms with Crippen LogP contribution in [-0.2, 0) is 0 Å². The third-order valence-electron chi connectivity index (χ3n) is 3.79. The summed E-state index contributed by atoms with van der Waals surface area (Å²) in [6, 6.07) is 13.1. The van der Waals surface area contributed by atoms with Crippen LogP contribution in [0.1, 0.15) is 27.7 Å². The molecular weight excluding hydrogens is 323 g/mol. The molecule has 0 fully saturated rings. The largest absolute Gasteiger partial charge is 0.443 e. The van der Waals surface area contributed by atoms with E-state index in [1.165, 1.54) is 24.6 Å². The van der Waals surface area contributed by atoms with Crippen LogP contribution in [0, 0.1) is 12.7 Å². The van der Waals surface area contributed by atoms with Crippen LogP contribution in [0.5, 0.6) is 0 Å². The Bertz CT molecular complexity index is 874. The minimum Gasteiger partial charge on any atom is -0.443 e. The Balaban J connectivity index is 1.70. The topological polar surface area (TPSA) is 75.4 Å². The number of aliphatic hydroxyl groups excluding tert-OH is 1. The highest BCUT2D eigenvalue weighted by atomic mass is 19.1. The van der Waals surface area contributed by atoms with Crippen molar-refractivity contribution in [3.63, 3.8) is 0 Å². The van der Waals surface area contributed by atoms with Gasteiger partial charge in [-0.05, 0) is 24.6 Å². The molecule has 2 aromatic carbocycles. The monoisotopic (exact) mass is 340 g/mol. The molecule has 0 unspecified atom stereocenters. The summed E-state index contributed by atoms with van der Waals surface area (Å²) in [5.41, 5.74) is 2.35. The van der Waals surface area contributed by atoms with Gasteiger partial charge in [0.05, 0.1) is 6.10 Å². The van der Waals surface area contributed by atoms with Crippen LogP contribution in [0.2, 0.25) is 0 Å². The fraction of sp³-hybridized carbons (Fsp3) is 0.158. The summed E-state index contributed by atoms with van der Waals surface area (Å²) in [4.78, 5) is 16.3. The highest BCUT2D eigenvalue weighted by Gasteiger charge is 2.19. The van der Waals surface area contributed by atoms with E-state index >= 15 is 0 Å². The van der Waals surface area contributed by atoms with Crippen molar-refractivity contribution < 1.29 is 18.7 Å². The van der Waals surface area contributed by atoms with Gasteiger partial charge in [0.25, 0.3) is 5.91 Å². The number of hydrogen-bond acceptors (Lipinski definition) is 4. The Kier molecular flexibility index (Phi) is 4.90. The van der Waals surface area contributed by atoms with Crippen LogP contribution in [0.3, 0.4) is 0 Å². The molecule has 2 N–H and O–H groups in total. The molecule has 0 aliphatic carbocycles. The first-order chi connectivity index (χ1) is 12.0. The van der Waals surface area contributed by atoms with E-state index in [9.17, 15) is 14.3 Å². The number of carbonyl (C=O) groups is 1. The van der Waals surface area contributed by atoms with Crippen molar-refractivity contribution in [2.75, 3.05) is 6.54 Å². The van der Waals surface area contributed by atoms with Crippen LogP contribution in [-0.4, -0.2) is 22.5 Å². The van der Waals surface area contributed by atoms with E-state index in [2.05, 4.69) is 10.3 Å². The summed E-state index contributed by atoms with van der Waals surface area (Å²) in [5, 5.41) is 12.7. The predicted molar refractivity (Wildman–Crippen MR) is 90.4 cm³/mol. The zero-order valence-electron chi connectivity index (χ0n) is 13.6. The minimum absolute atomic E-state index is 0.0670. The minimum atomic E-state index is -1.02. The van der Waals surface area contributed by atoms with Gasteiger partial charge in [-0.1, -0.05) is 42.0 Å². The number of oxazole rings is 1. The normalized spacial score (nSPS) is 12.0. The van der Waals surface area contributed by atoms with Crippen LogP contribution in [0.25, 0.3) is 11.3 Å². The number of halogens is 1. The first-order valence-corrected chi connectivity index (χ1v) is 7.77. The zero-order chi connectivity index (χ0) is 17.8. The van der Waals surface area contributed by atoms with Crippen molar-refractivity contribution >= 4 is 5.91 Å². The maximum Gasteiger partial charge on any atom is 0.274 e. The van der Waals surface area contributed by atoms with Gasteiger partial charge in [0.2, 0.25) is 0 Å². The fourth-order valence-corrected chi connectivity index (χ4v) is 2.42. The molecule has 0 spiro atoms. The zero-order valence-corrected chi connectivity index (χ0v) is 13.6. The number of aliphatic hydroxyl groups is 1. The molecule has 0 saturated heterocycles. The molecule has 6 heteroatoms. The summed E-state index contributed by atoms with van der Waals surface area (Å²) in [5.74, 6) is -0.557. The van der Waals surface area contributed by atoms with Crippen molar-refractivity contribution in [1.82, 2.24) is 10.3 Å². The number of carbonyl (C=O) groups excluding carboxylic acids is 1. The Morgan fingerprint density at radius 1 is 1.28 bits per heavy atom. The number of hydrogen-bond donors (Lipinski definition) is 2. The fourth-order valence-electron chi connectivity index (χ4n) is 2.42. The molecule has 3 rings (SSSR count). The summed E-state index contributed by atoms with van der Waals surface area (Å²) in [7, 11) is 0. The summed E-state index contributed by atoms with van der Waals surface area (Å²) >= 11 is 0. The predicted octanol–water partition coefficient (Wildman–Crippen LogP) is 3.25. The molecule has 3 aromatic rings. The Morgan fingerprint density at radius 3 is 2.76 bits per heavy atom. The molecule has 1 atom stereocenters. The number of rotatable bonds is 5. The Hall–Kier alpha value is -2.99. The number of aromatic nitrogens is 1. The maximum atomic E-state index is 13.2. The van der Waals surface area contributed by atoms with Gasteiger partial charge in [-0.15, -0.1) is 0 Å². The molecule has 0 bridgehead atoms. The van der Waals surface area contributed by atoms with Gasteiger partial charge in [0.15, 0.2) is 17.8 Å². The molecule has 0 aliphatic rings. The molecule has 1 amide bonds. The van der Waals surface area contributed by atoms with Crippen molar-refractivity contribution in [3.05, 3.63) is 77.6 Å². The van der Waals surface area contributed by atoms with Gasteiger partial charge in [-0.2, -0.15) is 0 Å². The number of nitrogens with zero attached hydrogens (tertiary/aromatic N) is 1. The molecule has 0 aliphatic heterocycles. The summed E-state index contributed by atoms with van der Waals surface area (Å²) in [6.07, 6.45) is 0.182. The van der Waals surface area contributed by atoms with Crippen LogP contribution < -0.4 is 5.32 Å². The smallest absolute Gasteiger partial charge is 0.274 e. The maximum absolute atomic E-state index is 13.2. The molecule has 0 radical (unpaired) electrons. The molecule has 1 aromatic heterocycles. The van der Waals surface area contributed by atoms with E-state index in [-0.39, 0.29) is 12.2 Å². The van der Waals surface area contributed by atoms with Crippen molar-refractivity contribution in [2.24, 2.45) is 0 Å². The third-order valence-corrected chi connectivity index (χ3v) is 3.79. The second-order valence-corrected chi connectivity index (χ2v) is 5.68. The molecular formula is C19H17FN2O3. The number of benzene rings is 2. The summed E-state index contributed by atoms with van der Waals surface area (Å²) < 4.78 is 18.5. The van der Waals surface area contributed by atoms with E-state index < -0.39 is 17.8 Å². The second-order valence-electron chi connectivity index (χ2n) is 5.68. The highest BCUT2D eigenvalue weighted by molar-refractivity contribution is 5.97. The van der Waals surface area contributed by atoms with E-state index in [4.69, 9.17) is 4.42 Å². The van der Waals surface area contributed by atoms with Crippen LogP contribution in [0.4, 0.5) is 4.39 Å². The SMILES string of the molecule is Cc1ccc(-c2ocnc2C(=O)NC[C@@H](O)c2cccc(F)c2)cc1.